The zero-order valence-electron chi connectivity index (χ0n) is 5.78. The molecule has 0 radical (unpaired) electrons. The summed E-state index contributed by atoms with van der Waals surface area (Å²) in [5.41, 5.74) is 0. The van der Waals surface area contributed by atoms with E-state index in [0.29, 0.717) is 6.42 Å². The van der Waals surface area contributed by atoms with Crippen molar-refractivity contribution in [1.29, 1.82) is 0 Å². The van der Waals surface area contributed by atoms with Crippen LogP contribution in [0, 0.1) is 0 Å². The average molecular weight is 156 g/mol. The molecule has 0 heterocycles. The van der Waals surface area contributed by atoms with E-state index < -0.39 is 18.7 Å². The molecule has 0 unspecified atom stereocenters. The van der Waals surface area contributed by atoms with Crippen molar-refractivity contribution in [1.82, 2.24) is 0 Å². The first-order chi connectivity index (χ1) is 4.45. The summed E-state index contributed by atoms with van der Waals surface area (Å²) in [4.78, 5) is 0. The number of halogens is 3. The molecular formula is C6H11F3O. The first kappa shape index (κ1) is 9.75. The van der Waals surface area contributed by atoms with Crippen molar-refractivity contribution in [2.24, 2.45) is 0 Å². The molecule has 0 amide bonds. The van der Waals surface area contributed by atoms with Gasteiger partial charge in [-0.2, -0.15) is 13.2 Å². The van der Waals surface area contributed by atoms with Gasteiger partial charge in [-0.25, -0.2) is 0 Å². The molecule has 0 aliphatic rings. The standard InChI is InChI=1S/C6H11F3O/c1-2-3-5(10)4-6(7,8)9/h5,10H,2-4H2,1H3/t5-/m0/s1. The summed E-state index contributed by atoms with van der Waals surface area (Å²) in [7, 11) is 0. The Hall–Kier alpha value is -0.250. The largest absolute Gasteiger partial charge is 0.393 e. The first-order valence-corrected chi connectivity index (χ1v) is 3.20. The second kappa shape index (κ2) is 3.81. The van der Waals surface area contributed by atoms with Crippen molar-refractivity contribution >= 4 is 0 Å². The SMILES string of the molecule is CCC[C@H](O)CC(F)(F)F. The molecule has 0 aromatic carbocycles. The van der Waals surface area contributed by atoms with Crippen molar-refractivity contribution < 1.29 is 18.3 Å². The number of hydrogen-bond donors (Lipinski definition) is 1. The van der Waals surface area contributed by atoms with Crippen LogP contribution in [-0.2, 0) is 0 Å². The Morgan fingerprint density at radius 3 is 2.20 bits per heavy atom. The topological polar surface area (TPSA) is 20.2 Å². The molecule has 1 nitrogen and oxygen atoms in total. The zero-order valence-corrected chi connectivity index (χ0v) is 5.78. The van der Waals surface area contributed by atoms with Crippen molar-refractivity contribution in [2.45, 2.75) is 38.5 Å². The lowest BCUT2D eigenvalue weighted by Crippen LogP contribution is -2.18. The van der Waals surface area contributed by atoms with Gasteiger partial charge in [-0.3, -0.25) is 0 Å². The maximum Gasteiger partial charge on any atom is 0.391 e. The normalized spacial score (nSPS) is 15.3. The van der Waals surface area contributed by atoms with Crippen molar-refractivity contribution in [2.75, 3.05) is 0 Å². The lowest BCUT2D eigenvalue weighted by atomic mass is 10.1. The Balaban J connectivity index is 3.47. The van der Waals surface area contributed by atoms with Crippen LogP contribution >= 0.6 is 0 Å². The van der Waals surface area contributed by atoms with Gasteiger partial charge in [0.15, 0.2) is 0 Å². The molecule has 0 aromatic heterocycles. The molecule has 4 heteroatoms. The minimum atomic E-state index is -4.23. The van der Waals surface area contributed by atoms with Crippen LogP contribution in [0.3, 0.4) is 0 Å². The van der Waals surface area contributed by atoms with E-state index in [0.717, 1.165) is 0 Å². The number of rotatable bonds is 3. The van der Waals surface area contributed by atoms with E-state index in [1.54, 1.807) is 6.92 Å². The molecule has 0 aliphatic heterocycles. The van der Waals surface area contributed by atoms with Crippen LogP contribution in [0.15, 0.2) is 0 Å². The third kappa shape index (κ3) is 5.88. The fourth-order valence-electron chi connectivity index (χ4n) is 0.702. The van der Waals surface area contributed by atoms with Crippen LogP contribution in [0.4, 0.5) is 13.2 Å². The van der Waals surface area contributed by atoms with Gasteiger partial charge in [0.25, 0.3) is 0 Å². The van der Waals surface area contributed by atoms with Gasteiger partial charge in [0.1, 0.15) is 0 Å². The monoisotopic (exact) mass is 156 g/mol. The van der Waals surface area contributed by atoms with Gasteiger partial charge in [0, 0.05) is 0 Å². The van der Waals surface area contributed by atoms with Crippen LogP contribution in [0.2, 0.25) is 0 Å². The van der Waals surface area contributed by atoms with E-state index in [-0.39, 0.29) is 6.42 Å². The Labute approximate surface area is 57.9 Å². The first-order valence-electron chi connectivity index (χ1n) is 3.20. The number of aliphatic hydroxyl groups excluding tert-OH is 1. The second-order valence-electron chi connectivity index (χ2n) is 2.26. The van der Waals surface area contributed by atoms with Gasteiger partial charge in [0.05, 0.1) is 12.5 Å². The Kier molecular flexibility index (Phi) is 3.71. The number of alkyl halides is 3. The third-order valence-electron chi connectivity index (χ3n) is 1.09. The Bertz CT molecular complexity index is 89.5. The van der Waals surface area contributed by atoms with Crippen molar-refractivity contribution in [3.63, 3.8) is 0 Å². The average Bonchev–Trinajstić information content (AvgIpc) is 1.59. The van der Waals surface area contributed by atoms with Gasteiger partial charge in [-0.1, -0.05) is 13.3 Å². The van der Waals surface area contributed by atoms with Gasteiger partial charge < -0.3 is 5.11 Å². The lowest BCUT2D eigenvalue weighted by molar-refractivity contribution is -0.153. The van der Waals surface area contributed by atoms with E-state index >= 15 is 0 Å². The highest BCUT2D eigenvalue weighted by Gasteiger charge is 2.30. The van der Waals surface area contributed by atoms with E-state index in [1.807, 2.05) is 0 Å². The van der Waals surface area contributed by atoms with Gasteiger partial charge in [-0.15, -0.1) is 0 Å². The quantitative estimate of drug-likeness (QED) is 0.663. The van der Waals surface area contributed by atoms with E-state index in [4.69, 9.17) is 5.11 Å². The molecule has 0 saturated carbocycles. The number of aliphatic hydroxyl groups is 1. The molecule has 0 saturated heterocycles. The van der Waals surface area contributed by atoms with Gasteiger partial charge >= 0.3 is 6.18 Å². The molecular weight excluding hydrogens is 145 g/mol. The molecule has 0 aliphatic carbocycles. The van der Waals surface area contributed by atoms with Gasteiger partial charge in [0.2, 0.25) is 0 Å². The summed E-state index contributed by atoms with van der Waals surface area (Å²) >= 11 is 0. The fraction of sp³-hybridized carbons (Fsp3) is 1.00. The molecule has 0 bridgehead atoms. The molecule has 0 rings (SSSR count). The summed E-state index contributed by atoms with van der Waals surface area (Å²) in [5, 5.41) is 8.66. The maximum atomic E-state index is 11.5. The van der Waals surface area contributed by atoms with E-state index in [1.165, 1.54) is 0 Å². The molecule has 1 atom stereocenters. The lowest BCUT2D eigenvalue weighted by Gasteiger charge is -2.11. The van der Waals surface area contributed by atoms with Crippen LogP contribution in [0.1, 0.15) is 26.2 Å². The molecule has 10 heavy (non-hydrogen) atoms. The predicted octanol–water partition coefficient (Wildman–Crippen LogP) is 2.10. The maximum absolute atomic E-state index is 11.5. The van der Waals surface area contributed by atoms with Crippen LogP contribution in [-0.4, -0.2) is 17.4 Å². The zero-order chi connectivity index (χ0) is 8.20. The third-order valence-corrected chi connectivity index (χ3v) is 1.09. The highest BCUT2D eigenvalue weighted by atomic mass is 19.4. The Morgan fingerprint density at radius 2 is 1.90 bits per heavy atom. The number of hydrogen-bond acceptors (Lipinski definition) is 1. The van der Waals surface area contributed by atoms with Crippen molar-refractivity contribution in [3.8, 4) is 0 Å². The van der Waals surface area contributed by atoms with E-state index in [2.05, 4.69) is 0 Å². The molecule has 1 N–H and O–H groups in total. The summed E-state index contributed by atoms with van der Waals surface area (Å²) in [6, 6.07) is 0. The molecule has 0 aromatic rings. The van der Waals surface area contributed by atoms with Crippen LogP contribution < -0.4 is 0 Å². The molecule has 0 spiro atoms. The van der Waals surface area contributed by atoms with E-state index in [9.17, 15) is 13.2 Å². The van der Waals surface area contributed by atoms with Crippen LogP contribution in [0.5, 0.6) is 0 Å². The summed E-state index contributed by atoms with van der Waals surface area (Å²) in [5.74, 6) is 0. The highest BCUT2D eigenvalue weighted by Crippen LogP contribution is 2.22. The summed E-state index contributed by atoms with van der Waals surface area (Å²) in [6.07, 6.45) is -5.73. The summed E-state index contributed by atoms with van der Waals surface area (Å²) < 4.78 is 34.4. The highest BCUT2D eigenvalue weighted by molar-refractivity contribution is 4.60. The second-order valence-corrected chi connectivity index (χ2v) is 2.26. The van der Waals surface area contributed by atoms with Crippen LogP contribution in [0.25, 0.3) is 0 Å². The molecule has 62 valence electrons. The predicted molar refractivity (Wildman–Crippen MR) is 31.6 cm³/mol. The fourth-order valence-corrected chi connectivity index (χ4v) is 0.702. The molecule has 0 fully saturated rings. The summed E-state index contributed by atoms with van der Waals surface area (Å²) in [6.45, 7) is 1.74. The van der Waals surface area contributed by atoms with Gasteiger partial charge in [-0.05, 0) is 6.42 Å². The minimum Gasteiger partial charge on any atom is -0.393 e. The van der Waals surface area contributed by atoms with Crippen molar-refractivity contribution in [3.05, 3.63) is 0 Å². The minimum absolute atomic E-state index is 0.222. The smallest absolute Gasteiger partial charge is 0.391 e. The Morgan fingerprint density at radius 1 is 1.40 bits per heavy atom.